The summed E-state index contributed by atoms with van der Waals surface area (Å²) < 4.78 is 21.2. The quantitative estimate of drug-likeness (QED) is 0.341. The number of pyridine rings is 2. The number of nitriles is 1. The molecule has 4 aromatic rings. The number of fused-ring (bicyclic) bond motifs is 1. The number of piperidine rings is 1. The first kappa shape index (κ1) is 27.2. The molecule has 206 valence electrons. The molecular weight excluding hydrogens is 509 g/mol. The van der Waals surface area contributed by atoms with Crippen molar-refractivity contribution >= 4 is 22.9 Å². The summed E-state index contributed by atoms with van der Waals surface area (Å²) in [7, 11) is 0. The number of nitrogens with one attached hydrogen (secondary N) is 1. The Kier molecular flexibility index (Phi) is 8.93. The van der Waals surface area contributed by atoms with Crippen LogP contribution in [0.3, 0.4) is 0 Å². The molecule has 1 aliphatic carbocycles. The first-order valence-corrected chi connectivity index (χ1v) is 13.7. The lowest BCUT2D eigenvalue weighted by Crippen LogP contribution is -2.33. The fourth-order valence-corrected chi connectivity index (χ4v) is 4.97. The van der Waals surface area contributed by atoms with Gasteiger partial charge in [0.1, 0.15) is 17.9 Å². The van der Waals surface area contributed by atoms with E-state index in [0.717, 1.165) is 25.2 Å². The molecule has 2 aliphatic rings. The molecule has 10 heteroatoms. The molecule has 3 aromatic heterocycles. The molecule has 40 heavy (non-hydrogen) atoms. The molecule has 4 heterocycles. The number of halogens is 1. The second-order valence-electron chi connectivity index (χ2n) is 10.0. The van der Waals surface area contributed by atoms with Gasteiger partial charge in [-0.25, -0.2) is 14.4 Å². The SMILES string of the molecule is N#CC1CC(n2c(NC(=O)c3ccc(F)cc3)nc3cnc(OCCN4CCCCC4)cc32)C1.c1ccncc1. The van der Waals surface area contributed by atoms with Crippen LogP contribution in [0, 0.1) is 23.1 Å². The molecule has 6 rings (SSSR count). The normalized spacial score (nSPS) is 18.6. The van der Waals surface area contributed by atoms with E-state index < -0.39 is 5.82 Å². The van der Waals surface area contributed by atoms with E-state index in [0.29, 0.717) is 42.4 Å². The smallest absolute Gasteiger partial charge is 0.257 e. The Bertz CT molecular complexity index is 1410. The highest BCUT2D eigenvalue weighted by Gasteiger charge is 2.33. The van der Waals surface area contributed by atoms with Crippen molar-refractivity contribution in [2.24, 2.45) is 5.92 Å². The Morgan fingerprint density at radius 3 is 2.50 bits per heavy atom. The highest BCUT2D eigenvalue weighted by Crippen LogP contribution is 2.41. The predicted octanol–water partition coefficient (Wildman–Crippen LogP) is 5.24. The van der Waals surface area contributed by atoms with Crippen molar-refractivity contribution in [2.45, 2.75) is 38.1 Å². The minimum atomic E-state index is -0.403. The maximum Gasteiger partial charge on any atom is 0.257 e. The lowest BCUT2D eigenvalue weighted by molar-refractivity contribution is 0.102. The van der Waals surface area contributed by atoms with Crippen LogP contribution in [0.5, 0.6) is 5.88 Å². The average molecular weight is 542 g/mol. The highest BCUT2D eigenvalue weighted by molar-refractivity contribution is 6.04. The molecule has 1 saturated heterocycles. The first-order valence-electron chi connectivity index (χ1n) is 13.7. The van der Waals surface area contributed by atoms with Crippen molar-refractivity contribution in [3.63, 3.8) is 0 Å². The van der Waals surface area contributed by atoms with Gasteiger partial charge >= 0.3 is 0 Å². The fraction of sp³-hybridized carbons (Fsp3) is 0.367. The molecule has 1 aliphatic heterocycles. The summed E-state index contributed by atoms with van der Waals surface area (Å²) in [6.07, 6.45) is 10.3. The minimum absolute atomic E-state index is 0.00907. The summed E-state index contributed by atoms with van der Waals surface area (Å²) in [5, 5.41) is 12.1. The number of rotatable bonds is 7. The number of likely N-dealkylation sites (tertiary alicyclic amines) is 1. The lowest BCUT2D eigenvalue weighted by atomic mass is 9.81. The van der Waals surface area contributed by atoms with E-state index in [1.807, 2.05) is 28.8 Å². The van der Waals surface area contributed by atoms with Crippen molar-refractivity contribution in [1.82, 2.24) is 24.4 Å². The molecule has 9 nitrogen and oxygen atoms in total. The molecule has 0 radical (unpaired) electrons. The monoisotopic (exact) mass is 541 g/mol. The molecule has 1 aromatic carbocycles. The van der Waals surface area contributed by atoms with E-state index in [9.17, 15) is 14.4 Å². The van der Waals surface area contributed by atoms with E-state index in [4.69, 9.17) is 4.74 Å². The fourth-order valence-electron chi connectivity index (χ4n) is 4.97. The third kappa shape index (κ3) is 6.79. The van der Waals surface area contributed by atoms with E-state index in [1.165, 1.54) is 43.5 Å². The van der Waals surface area contributed by atoms with E-state index in [2.05, 4.69) is 31.2 Å². The van der Waals surface area contributed by atoms with Crippen LogP contribution in [0.2, 0.25) is 0 Å². The number of anilines is 1. The van der Waals surface area contributed by atoms with Gasteiger partial charge in [0.15, 0.2) is 0 Å². The molecule has 0 unspecified atom stereocenters. The number of hydrogen-bond donors (Lipinski definition) is 1. The molecule has 0 atom stereocenters. The Hall–Kier alpha value is -4.36. The molecule has 1 saturated carbocycles. The lowest BCUT2D eigenvalue weighted by Gasteiger charge is -2.33. The number of carbonyl (C=O) groups excluding carboxylic acids is 1. The van der Waals surface area contributed by atoms with Gasteiger partial charge in [-0.15, -0.1) is 0 Å². The molecule has 2 fully saturated rings. The Morgan fingerprint density at radius 2 is 1.85 bits per heavy atom. The number of aromatic nitrogens is 4. The maximum absolute atomic E-state index is 13.2. The predicted molar refractivity (Wildman–Crippen MR) is 149 cm³/mol. The third-order valence-electron chi connectivity index (χ3n) is 7.22. The van der Waals surface area contributed by atoms with Crippen LogP contribution < -0.4 is 10.1 Å². The van der Waals surface area contributed by atoms with Crippen molar-refractivity contribution in [2.75, 3.05) is 31.6 Å². The van der Waals surface area contributed by atoms with Gasteiger partial charge in [-0.1, -0.05) is 12.5 Å². The van der Waals surface area contributed by atoms with Gasteiger partial charge in [-0.2, -0.15) is 5.26 Å². The second kappa shape index (κ2) is 13.1. The zero-order chi connectivity index (χ0) is 27.7. The number of carbonyl (C=O) groups is 1. The average Bonchev–Trinajstić information content (AvgIpc) is 3.31. The molecule has 1 N–H and O–H groups in total. The maximum atomic E-state index is 13.2. The zero-order valence-electron chi connectivity index (χ0n) is 22.2. The number of imidazole rings is 1. The molecule has 0 bridgehead atoms. The standard InChI is InChI=1S/C25H27FN6O2.C5H5N/c26-19-6-4-18(5-7-19)24(33)30-25-29-21-16-28-23(34-11-10-31-8-2-1-3-9-31)14-22(21)32(25)20-12-17(13-20)15-27;1-2-4-6-5-3-1/h4-7,14,16-17,20H,1-3,8-13H2,(H,29,30,33);1-5H. The Balaban J connectivity index is 0.000000477. The zero-order valence-corrected chi connectivity index (χ0v) is 22.2. The summed E-state index contributed by atoms with van der Waals surface area (Å²) in [5.41, 5.74) is 1.78. The van der Waals surface area contributed by atoms with Crippen LogP contribution in [-0.4, -0.2) is 56.6 Å². The van der Waals surface area contributed by atoms with E-state index in [1.54, 1.807) is 18.6 Å². The topological polar surface area (TPSA) is 109 Å². The Morgan fingerprint density at radius 1 is 1.10 bits per heavy atom. The van der Waals surface area contributed by atoms with Crippen LogP contribution >= 0.6 is 0 Å². The minimum Gasteiger partial charge on any atom is -0.476 e. The van der Waals surface area contributed by atoms with Gasteiger partial charge in [0.2, 0.25) is 11.8 Å². The molecule has 1 amide bonds. The second-order valence-corrected chi connectivity index (χ2v) is 10.0. The first-order chi connectivity index (χ1) is 19.6. The van der Waals surface area contributed by atoms with Crippen LogP contribution in [0.25, 0.3) is 11.0 Å². The van der Waals surface area contributed by atoms with Gasteiger partial charge in [-0.05, 0) is 75.2 Å². The van der Waals surface area contributed by atoms with Crippen molar-refractivity contribution < 1.29 is 13.9 Å². The van der Waals surface area contributed by atoms with Crippen LogP contribution in [-0.2, 0) is 0 Å². The summed E-state index contributed by atoms with van der Waals surface area (Å²) in [6, 6.07) is 15.3. The summed E-state index contributed by atoms with van der Waals surface area (Å²) >= 11 is 0. The van der Waals surface area contributed by atoms with Crippen LogP contribution in [0.15, 0.2) is 67.1 Å². The summed E-state index contributed by atoms with van der Waals surface area (Å²) in [4.78, 5) is 28.0. The molecular formula is C30H32FN7O2. The van der Waals surface area contributed by atoms with Gasteiger partial charge in [-0.3, -0.25) is 20.0 Å². The highest BCUT2D eigenvalue weighted by atomic mass is 19.1. The van der Waals surface area contributed by atoms with E-state index in [-0.39, 0.29) is 17.9 Å². The van der Waals surface area contributed by atoms with E-state index >= 15 is 0 Å². The Labute approximate surface area is 232 Å². The summed E-state index contributed by atoms with van der Waals surface area (Å²) in [5.74, 6) is 0.111. The van der Waals surface area contributed by atoms with Crippen molar-refractivity contribution in [1.29, 1.82) is 5.26 Å². The van der Waals surface area contributed by atoms with Gasteiger partial charge in [0, 0.05) is 36.6 Å². The van der Waals surface area contributed by atoms with Gasteiger partial charge in [0.05, 0.1) is 23.7 Å². The third-order valence-corrected chi connectivity index (χ3v) is 7.22. The van der Waals surface area contributed by atoms with Gasteiger partial charge < -0.3 is 9.30 Å². The number of amides is 1. The summed E-state index contributed by atoms with van der Waals surface area (Å²) in [6.45, 7) is 3.65. The van der Waals surface area contributed by atoms with Crippen molar-refractivity contribution in [3.8, 4) is 11.9 Å². The number of nitrogens with zero attached hydrogens (tertiary/aromatic N) is 6. The number of hydrogen-bond acceptors (Lipinski definition) is 7. The molecule has 0 spiro atoms. The number of benzene rings is 1. The largest absolute Gasteiger partial charge is 0.476 e. The number of ether oxygens (including phenoxy) is 1. The van der Waals surface area contributed by atoms with Gasteiger partial charge in [0.25, 0.3) is 5.91 Å². The van der Waals surface area contributed by atoms with Crippen molar-refractivity contribution in [3.05, 3.63) is 78.5 Å². The van der Waals surface area contributed by atoms with Crippen LogP contribution in [0.4, 0.5) is 10.3 Å². The van der Waals surface area contributed by atoms with Crippen LogP contribution in [0.1, 0.15) is 48.5 Å².